The Hall–Kier alpha value is -2.37. The van der Waals surface area contributed by atoms with E-state index in [9.17, 15) is 9.59 Å². The Bertz CT molecular complexity index is 895. The smallest absolute Gasteiger partial charge is 0.244 e. The topological polar surface area (TPSA) is 52.7 Å². The van der Waals surface area contributed by atoms with E-state index < -0.39 is 6.04 Å². The number of rotatable bonds is 4. The largest absolute Gasteiger partial charge is 0.341 e. The van der Waals surface area contributed by atoms with Gasteiger partial charge in [-0.25, -0.2) is 0 Å². The van der Waals surface area contributed by atoms with E-state index in [4.69, 9.17) is 11.6 Å². The maximum Gasteiger partial charge on any atom is 0.244 e. The van der Waals surface area contributed by atoms with Crippen LogP contribution in [0.4, 0.5) is 5.69 Å². The molecule has 5 nitrogen and oxygen atoms in total. The fourth-order valence-electron chi connectivity index (χ4n) is 4.32. The number of nitrogens with one attached hydrogen (secondary N) is 1. The van der Waals surface area contributed by atoms with Crippen LogP contribution in [0.1, 0.15) is 36.4 Å². The van der Waals surface area contributed by atoms with Crippen LogP contribution in [0.25, 0.3) is 0 Å². The normalized spacial score (nSPS) is 19.5. The fraction of sp³-hybridized carbons (Fsp3) is 0.391. The molecule has 0 unspecified atom stereocenters. The molecule has 1 fully saturated rings. The summed E-state index contributed by atoms with van der Waals surface area (Å²) in [7, 11) is 0. The number of amides is 2. The number of hydrogen-bond acceptors (Lipinski definition) is 3. The lowest BCUT2D eigenvalue weighted by Gasteiger charge is -2.39. The molecule has 29 heavy (non-hydrogen) atoms. The second-order valence-corrected chi connectivity index (χ2v) is 8.20. The van der Waals surface area contributed by atoms with Gasteiger partial charge in [0.15, 0.2) is 0 Å². The van der Waals surface area contributed by atoms with Crippen LogP contribution in [0.15, 0.2) is 48.5 Å². The Labute approximate surface area is 176 Å². The summed E-state index contributed by atoms with van der Waals surface area (Å²) >= 11 is 6.02. The van der Waals surface area contributed by atoms with E-state index in [2.05, 4.69) is 11.4 Å². The lowest BCUT2D eigenvalue weighted by Crippen LogP contribution is -2.49. The average molecular weight is 412 g/mol. The van der Waals surface area contributed by atoms with Gasteiger partial charge in [-0.05, 0) is 55.0 Å². The molecule has 2 aromatic rings. The summed E-state index contributed by atoms with van der Waals surface area (Å²) < 4.78 is 0. The number of benzene rings is 2. The van der Waals surface area contributed by atoms with Gasteiger partial charge in [-0.3, -0.25) is 14.5 Å². The van der Waals surface area contributed by atoms with Crippen LogP contribution in [-0.4, -0.2) is 47.8 Å². The van der Waals surface area contributed by atoms with Crippen LogP contribution >= 0.6 is 11.6 Å². The Morgan fingerprint density at radius 1 is 1.00 bits per heavy atom. The highest BCUT2D eigenvalue weighted by atomic mass is 35.5. The number of piperidine rings is 1. The minimum Gasteiger partial charge on any atom is -0.341 e. The highest BCUT2D eigenvalue weighted by Gasteiger charge is 2.36. The third-order valence-corrected chi connectivity index (χ3v) is 5.98. The van der Waals surface area contributed by atoms with Crippen molar-refractivity contribution in [2.24, 2.45) is 0 Å². The predicted molar refractivity (Wildman–Crippen MR) is 115 cm³/mol. The second kappa shape index (κ2) is 8.97. The highest BCUT2D eigenvalue weighted by molar-refractivity contribution is 6.30. The number of fused-ring (bicyclic) bond motifs is 1. The van der Waals surface area contributed by atoms with E-state index in [0.717, 1.165) is 37.9 Å². The Kier molecular flexibility index (Phi) is 6.16. The number of nitrogens with zero attached hydrogens (tertiary/aromatic N) is 2. The van der Waals surface area contributed by atoms with Crippen molar-refractivity contribution in [1.82, 2.24) is 9.80 Å². The predicted octanol–water partition coefficient (Wildman–Crippen LogP) is 3.89. The molecule has 0 spiro atoms. The first-order chi connectivity index (χ1) is 14.1. The molecule has 1 saturated heterocycles. The summed E-state index contributed by atoms with van der Waals surface area (Å²) in [6.45, 7) is 2.47. The molecule has 2 heterocycles. The number of carbonyl (C=O) groups is 2. The Morgan fingerprint density at radius 3 is 2.59 bits per heavy atom. The van der Waals surface area contributed by atoms with Gasteiger partial charge in [-0.2, -0.15) is 0 Å². The van der Waals surface area contributed by atoms with Gasteiger partial charge in [0, 0.05) is 30.3 Å². The van der Waals surface area contributed by atoms with Crippen LogP contribution in [0.3, 0.4) is 0 Å². The van der Waals surface area contributed by atoms with Crippen LogP contribution in [0.5, 0.6) is 0 Å². The molecular formula is C23H26ClN3O2. The lowest BCUT2D eigenvalue weighted by atomic mass is 9.91. The summed E-state index contributed by atoms with van der Waals surface area (Å²) in [6.07, 6.45) is 4.12. The number of anilines is 1. The molecule has 0 saturated carbocycles. The molecule has 2 aliphatic heterocycles. The lowest BCUT2D eigenvalue weighted by molar-refractivity contribution is -0.139. The van der Waals surface area contributed by atoms with E-state index in [1.165, 1.54) is 12.0 Å². The first kappa shape index (κ1) is 19.9. The zero-order valence-corrected chi connectivity index (χ0v) is 17.2. The molecular weight excluding hydrogens is 386 g/mol. The first-order valence-electron chi connectivity index (χ1n) is 10.3. The molecule has 1 atom stereocenters. The molecule has 0 bridgehead atoms. The van der Waals surface area contributed by atoms with E-state index in [1.54, 1.807) is 18.2 Å². The molecule has 1 N–H and O–H groups in total. The van der Waals surface area contributed by atoms with Gasteiger partial charge in [0.05, 0.1) is 6.54 Å². The van der Waals surface area contributed by atoms with Gasteiger partial charge in [0.25, 0.3) is 0 Å². The van der Waals surface area contributed by atoms with Crippen molar-refractivity contribution in [2.45, 2.75) is 31.7 Å². The second-order valence-electron chi connectivity index (χ2n) is 7.77. The van der Waals surface area contributed by atoms with Crippen molar-refractivity contribution in [3.63, 3.8) is 0 Å². The molecule has 152 valence electrons. The number of hydrogen-bond donors (Lipinski definition) is 1. The average Bonchev–Trinajstić information content (AvgIpc) is 2.74. The Morgan fingerprint density at radius 2 is 1.79 bits per heavy atom. The maximum absolute atomic E-state index is 13.4. The zero-order valence-electron chi connectivity index (χ0n) is 16.4. The molecule has 2 aromatic carbocycles. The monoisotopic (exact) mass is 411 g/mol. The van der Waals surface area contributed by atoms with Crippen LogP contribution < -0.4 is 5.32 Å². The molecule has 2 aliphatic rings. The van der Waals surface area contributed by atoms with Crippen molar-refractivity contribution in [3.8, 4) is 0 Å². The summed E-state index contributed by atoms with van der Waals surface area (Å²) in [4.78, 5) is 30.2. The van der Waals surface area contributed by atoms with Gasteiger partial charge >= 0.3 is 0 Å². The van der Waals surface area contributed by atoms with Crippen molar-refractivity contribution >= 4 is 29.1 Å². The number of likely N-dealkylation sites (tertiary alicyclic amines) is 1. The molecule has 0 radical (unpaired) electrons. The van der Waals surface area contributed by atoms with Gasteiger partial charge in [0.1, 0.15) is 6.04 Å². The third kappa shape index (κ3) is 4.62. The minimum atomic E-state index is -0.400. The molecule has 0 aliphatic carbocycles. The fourth-order valence-corrected chi connectivity index (χ4v) is 4.51. The van der Waals surface area contributed by atoms with Gasteiger partial charge in [-0.15, -0.1) is 0 Å². The molecule has 0 aromatic heterocycles. The van der Waals surface area contributed by atoms with Crippen molar-refractivity contribution < 1.29 is 9.59 Å². The van der Waals surface area contributed by atoms with Gasteiger partial charge < -0.3 is 10.2 Å². The number of carbonyl (C=O) groups excluding carboxylic acids is 2. The quantitative estimate of drug-likeness (QED) is 0.830. The minimum absolute atomic E-state index is 0.118. The van der Waals surface area contributed by atoms with Gasteiger partial charge in [-0.1, -0.05) is 41.9 Å². The van der Waals surface area contributed by atoms with Crippen molar-refractivity contribution in [1.29, 1.82) is 0 Å². The third-order valence-electron chi connectivity index (χ3n) is 5.74. The van der Waals surface area contributed by atoms with Crippen molar-refractivity contribution in [2.75, 3.05) is 31.5 Å². The summed E-state index contributed by atoms with van der Waals surface area (Å²) in [5.74, 6) is -0.0181. The van der Waals surface area contributed by atoms with E-state index in [-0.39, 0.29) is 18.4 Å². The van der Waals surface area contributed by atoms with Crippen LogP contribution in [0.2, 0.25) is 5.02 Å². The van der Waals surface area contributed by atoms with Gasteiger partial charge in [0.2, 0.25) is 11.8 Å². The van der Waals surface area contributed by atoms with E-state index in [0.29, 0.717) is 17.3 Å². The van der Waals surface area contributed by atoms with Crippen LogP contribution in [0, 0.1) is 0 Å². The summed E-state index contributed by atoms with van der Waals surface area (Å²) in [5, 5.41) is 3.48. The van der Waals surface area contributed by atoms with Crippen LogP contribution in [-0.2, 0) is 16.0 Å². The summed E-state index contributed by atoms with van der Waals surface area (Å²) in [5.41, 5.74) is 2.90. The SMILES string of the molecule is O=C(CN1CCc2ccccc2[C@H]1C(=O)N1CCCCC1)Nc1cccc(Cl)c1. The highest BCUT2D eigenvalue weighted by Crippen LogP contribution is 2.32. The summed E-state index contributed by atoms with van der Waals surface area (Å²) in [6, 6.07) is 14.8. The van der Waals surface area contributed by atoms with E-state index in [1.807, 2.05) is 34.1 Å². The Balaban J connectivity index is 1.54. The maximum atomic E-state index is 13.4. The molecule has 6 heteroatoms. The van der Waals surface area contributed by atoms with E-state index >= 15 is 0 Å². The zero-order chi connectivity index (χ0) is 20.2. The molecule has 2 amide bonds. The first-order valence-corrected chi connectivity index (χ1v) is 10.7. The van der Waals surface area contributed by atoms with Crippen molar-refractivity contribution in [3.05, 3.63) is 64.7 Å². The standard InChI is InChI=1S/C23H26ClN3O2/c24-18-8-6-9-19(15-18)25-21(28)16-27-14-11-17-7-2-3-10-20(17)22(27)23(29)26-12-4-1-5-13-26/h2-3,6-10,15,22H,1,4-5,11-14,16H2,(H,25,28)/t22-/m0/s1. The number of halogens is 1. The molecule has 4 rings (SSSR count).